The fourth-order valence-electron chi connectivity index (χ4n) is 4.21. The van der Waals surface area contributed by atoms with Crippen LogP contribution in [0.25, 0.3) is 21.8 Å². The Kier molecular flexibility index (Phi) is 3.41. The third-order valence-corrected chi connectivity index (χ3v) is 5.54. The summed E-state index contributed by atoms with van der Waals surface area (Å²) >= 11 is 0. The van der Waals surface area contributed by atoms with Gasteiger partial charge in [0.15, 0.2) is 5.78 Å². The number of benzene rings is 3. The van der Waals surface area contributed by atoms with Crippen molar-refractivity contribution in [2.45, 2.75) is 19.9 Å². The van der Waals surface area contributed by atoms with Gasteiger partial charge in [0.25, 0.3) is 0 Å². The molecule has 0 radical (unpaired) electrons. The van der Waals surface area contributed by atoms with E-state index in [9.17, 15) is 10.0 Å². The van der Waals surface area contributed by atoms with Crippen molar-refractivity contribution in [1.29, 1.82) is 0 Å². The lowest BCUT2D eigenvalue weighted by Crippen LogP contribution is -2.14. The number of rotatable bonds is 2. The van der Waals surface area contributed by atoms with Gasteiger partial charge < -0.3 is 9.77 Å². The molecule has 0 bridgehead atoms. The second kappa shape index (κ2) is 5.81. The Balaban J connectivity index is 1.76. The maximum absolute atomic E-state index is 13.0. The highest BCUT2D eigenvalue weighted by molar-refractivity contribution is 6.20. The minimum atomic E-state index is 0.0412. The molecule has 5 rings (SSSR count). The smallest absolute Gasteiger partial charge is 0.193 e. The van der Waals surface area contributed by atoms with Gasteiger partial charge in [0, 0.05) is 45.9 Å². The molecule has 2 heterocycles. The van der Waals surface area contributed by atoms with Crippen molar-refractivity contribution >= 4 is 33.3 Å². The first kappa shape index (κ1) is 15.8. The Morgan fingerprint density at radius 1 is 1.04 bits per heavy atom. The molecule has 3 aromatic carbocycles. The van der Waals surface area contributed by atoms with Crippen molar-refractivity contribution < 1.29 is 10.0 Å². The first-order chi connectivity index (χ1) is 13.2. The number of oxime groups is 1. The van der Waals surface area contributed by atoms with Crippen LogP contribution in [0.1, 0.15) is 33.5 Å². The molecular weight excluding hydrogens is 336 g/mol. The zero-order valence-corrected chi connectivity index (χ0v) is 14.9. The summed E-state index contributed by atoms with van der Waals surface area (Å²) in [5.41, 5.74) is 6.27. The molecule has 4 aromatic rings. The Labute approximate surface area is 156 Å². The number of carbonyl (C=O) groups is 1. The van der Waals surface area contributed by atoms with Crippen LogP contribution in [0.2, 0.25) is 0 Å². The van der Waals surface area contributed by atoms with Gasteiger partial charge in [0.1, 0.15) is 0 Å². The lowest BCUT2D eigenvalue weighted by Gasteiger charge is -2.17. The predicted molar refractivity (Wildman–Crippen MR) is 107 cm³/mol. The molecule has 1 aromatic heterocycles. The number of carbonyl (C=O) groups excluding carboxylic acids is 1. The zero-order valence-electron chi connectivity index (χ0n) is 14.9. The third-order valence-electron chi connectivity index (χ3n) is 5.54. The van der Waals surface area contributed by atoms with E-state index in [1.807, 2.05) is 61.5 Å². The highest BCUT2D eigenvalue weighted by atomic mass is 16.4. The number of hydrogen-bond acceptors (Lipinski definition) is 3. The number of para-hydroxylation sites is 1. The van der Waals surface area contributed by atoms with Gasteiger partial charge in [-0.15, -0.1) is 0 Å². The van der Waals surface area contributed by atoms with Crippen molar-refractivity contribution in [2.75, 3.05) is 0 Å². The van der Waals surface area contributed by atoms with Crippen molar-refractivity contribution in [3.63, 3.8) is 0 Å². The highest BCUT2D eigenvalue weighted by Crippen LogP contribution is 2.35. The van der Waals surface area contributed by atoms with Crippen molar-refractivity contribution in [1.82, 2.24) is 4.57 Å². The summed E-state index contributed by atoms with van der Waals surface area (Å²) in [6.07, 6.45) is 0.691. The van der Waals surface area contributed by atoms with Crippen LogP contribution in [0.15, 0.2) is 65.8 Å². The number of hydrogen-bond donors (Lipinski definition) is 1. The summed E-state index contributed by atoms with van der Waals surface area (Å²) in [6, 6.07) is 19.7. The number of ketones is 1. The van der Waals surface area contributed by atoms with Gasteiger partial charge in [-0.2, -0.15) is 0 Å². The standard InChI is InChI=1S/C23H18N2O2/c1-14-5-2-3-6-16(14)23(26)15-9-10-21-19(13-15)17-7-4-8-18-20(24-27)11-12-25(21)22(17)18/h2-10,13,27H,11-12H2,1H3/b24-20+. The highest BCUT2D eigenvalue weighted by Gasteiger charge is 2.22. The molecule has 1 aliphatic rings. The maximum Gasteiger partial charge on any atom is 0.193 e. The first-order valence-electron chi connectivity index (χ1n) is 9.05. The van der Waals surface area contributed by atoms with E-state index >= 15 is 0 Å². The van der Waals surface area contributed by atoms with Crippen LogP contribution < -0.4 is 0 Å². The number of aryl methyl sites for hydroxylation is 2. The van der Waals surface area contributed by atoms with Crippen molar-refractivity contribution in [2.24, 2.45) is 5.16 Å². The maximum atomic E-state index is 13.0. The van der Waals surface area contributed by atoms with E-state index in [-0.39, 0.29) is 5.78 Å². The normalized spacial score (nSPS) is 14.9. The van der Waals surface area contributed by atoms with Gasteiger partial charge in [-0.05, 0) is 30.7 Å². The molecule has 0 unspecified atom stereocenters. The average Bonchev–Trinajstić information content (AvgIpc) is 3.03. The SMILES string of the molecule is Cc1ccccc1C(=O)c1ccc2c(c1)c1cccc3c1n2CC/C3=N\O. The van der Waals surface area contributed by atoms with Crippen molar-refractivity contribution in [3.05, 3.63) is 82.9 Å². The second-order valence-electron chi connectivity index (χ2n) is 7.03. The van der Waals surface area contributed by atoms with Gasteiger partial charge >= 0.3 is 0 Å². The zero-order chi connectivity index (χ0) is 18.5. The third kappa shape index (κ3) is 2.23. The number of nitrogens with zero attached hydrogens (tertiary/aromatic N) is 2. The Morgan fingerprint density at radius 2 is 1.89 bits per heavy atom. The molecule has 0 atom stereocenters. The Hall–Kier alpha value is -3.40. The second-order valence-corrected chi connectivity index (χ2v) is 7.03. The van der Waals surface area contributed by atoms with Gasteiger partial charge in [0.05, 0.1) is 11.2 Å². The van der Waals surface area contributed by atoms with E-state index in [0.29, 0.717) is 17.7 Å². The van der Waals surface area contributed by atoms with Crippen LogP contribution in [0.4, 0.5) is 0 Å². The lowest BCUT2D eigenvalue weighted by atomic mass is 9.97. The van der Waals surface area contributed by atoms with Gasteiger partial charge in [0.2, 0.25) is 0 Å². The van der Waals surface area contributed by atoms with E-state index in [2.05, 4.69) is 15.8 Å². The van der Waals surface area contributed by atoms with Gasteiger partial charge in [-0.25, -0.2) is 0 Å². The molecule has 1 N–H and O–H groups in total. The fourth-order valence-corrected chi connectivity index (χ4v) is 4.21. The van der Waals surface area contributed by atoms with Crippen LogP contribution in [0.3, 0.4) is 0 Å². The first-order valence-corrected chi connectivity index (χ1v) is 9.05. The Bertz CT molecular complexity index is 1260. The van der Waals surface area contributed by atoms with Crippen LogP contribution in [-0.2, 0) is 6.54 Å². The predicted octanol–water partition coefficient (Wildman–Crippen LogP) is 4.92. The van der Waals surface area contributed by atoms with Crippen LogP contribution in [0.5, 0.6) is 0 Å². The summed E-state index contributed by atoms with van der Waals surface area (Å²) in [5, 5.41) is 15.0. The molecular formula is C23H18N2O2. The molecule has 27 heavy (non-hydrogen) atoms. The quantitative estimate of drug-likeness (QED) is 0.316. The van der Waals surface area contributed by atoms with Gasteiger partial charge in [-0.3, -0.25) is 4.79 Å². The van der Waals surface area contributed by atoms with E-state index in [4.69, 9.17) is 0 Å². The molecule has 0 aliphatic carbocycles. The summed E-state index contributed by atoms with van der Waals surface area (Å²) < 4.78 is 2.26. The molecule has 0 fully saturated rings. The van der Waals surface area contributed by atoms with Crippen molar-refractivity contribution in [3.8, 4) is 0 Å². The molecule has 0 amide bonds. The van der Waals surface area contributed by atoms with E-state index in [1.54, 1.807) is 0 Å². The summed E-state index contributed by atoms with van der Waals surface area (Å²) in [5.74, 6) is 0.0412. The molecule has 132 valence electrons. The molecule has 0 saturated heterocycles. The van der Waals surface area contributed by atoms with E-state index in [1.165, 1.54) is 0 Å². The van der Waals surface area contributed by atoms with Crippen LogP contribution in [0, 0.1) is 6.92 Å². The van der Waals surface area contributed by atoms with E-state index < -0.39 is 0 Å². The minimum Gasteiger partial charge on any atom is -0.411 e. The number of fused-ring (bicyclic) bond motifs is 3. The van der Waals surface area contributed by atoms with Gasteiger partial charge in [-0.1, -0.05) is 47.6 Å². The van der Waals surface area contributed by atoms with Crippen LogP contribution in [-0.4, -0.2) is 21.3 Å². The summed E-state index contributed by atoms with van der Waals surface area (Å²) in [4.78, 5) is 13.0. The molecule has 0 spiro atoms. The number of aromatic nitrogens is 1. The average molecular weight is 354 g/mol. The summed E-state index contributed by atoms with van der Waals surface area (Å²) in [7, 11) is 0. The Morgan fingerprint density at radius 3 is 2.70 bits per heavy atom. The van der Waals surface area contributed by atoms with Crippen LogP contribution >= 0.6 is 0 Å². The lowest BCUT2D eigenvalue weighted by molar-refractivity contribution is 0.103. The summed E-state index contributed by atoms with van der Waals surface area (Å²) in [6.45, 7) is 2.73. The molecule has 4 heteroatoms. The largest absolute Gasteiger partial charge is 0.411 e. The molecule has 0 saturated carbocycles. The van der Waals surface area contributed by atoms with E-state index in [0.717, 1.165) is 45.0 Å². The molecule has 4 nitrogen and oxygen atoms in total. The minimum absolute atomic E-state index is 0.0412. The monoisotopic (exact) mass is 354 g/mol. The topological polar surface area (TPSA) is 54.6 Å². The molecule has 1 aliphatic heterocycles. The fraction of sp³-hybridized carbons (Fsp3) is 0.130.